The highest BCUT2D eigenvalue weighted by Crippen LogP contribution is 2.49. The van der Waals surface area contributed by atoms with Gasteiger partial charge in [0.1, 0.15) is 6.33 Å². The summed E-state index contributed by atoms with van der Waals surface area (Å²) in [6, 6.07) is 16.9. The van der Waals surface area contributed by atoms with Crippen molar-refractivity contribution in [2.75, 3.05) is 0 Å². The molecule has 0 saturated carbocycles. The van der Waals surface area contributed by atoms with Crippen molar-refractivity contribution in [2.45, 2.75) is 46.4 Å². The Balaban J connectivity index is 1.90. The number of rotatable bonds is 1. The number of hydrogen-bond acceptors (Lipinski definition) is 2. The molecule has 3 aromatic carbocycles. The highest BCUT2D eigenvalue weighted by molar-refractivity contribution is 6.02. The van der Waals surface area contributed by atoms with E-state index in [0.29, 0.717) is 5.56 Å². The normalized spacial score (nSPS) is 16.6. The summed E-state index contributed by atoms with van der Waals surface area (Å²) in [6.45, 7) is 10.3. The highest BCUT2D eigenvalue weighted by Gasteiger charge is 2.35. The van der Waals surface area contributed by atoms with Gasteiger partial charge in [0.2, 0.25) is 0 Å². The number of aromatic nitrogens is 2. The van der Waals surface area contributed by atoms with E-state index in [0.717, 1.165) is 27.7 Å². The molecular formula is C26H26N2. The molecule has 1 aliphatic carbocycles. The molecule has 5 rings (SSSR count). The van der Waals surface area contributed by atoms with E-state index in [1.165, 1.54) is 16.3 Å². The maximum atomic E-state index is 8.84. The van der Waals surface area contributed by atoms with Gasteiger partial charge in [0.15, 0.2) is 0 Å². The molecule has 0 saturated heterocycles. The van der Waals surface area contributed by atoms with E-state index in [4.69, 9.17) is 2.74 Å². The molecule has 28 heavy (non-hydrogen) atoms. The molecule has 4 aromatic rings. The first-order valence-corrected chi connectivity index (χ1v) is 9.85. The molecule has 1 aromatic heterocycles. The third-order valence-electron chi connectivity index (χ3n) is 5.75. The minimum atomic E-state index is -1.48. The van der Waals surface area contributed by atoms with Gasteiger partial charge in [-0.1, -0.05) is 65.0 Å². The Hall–Kier alpha value is -2.74. The topological polar surface area (TPSA) is 25.8 Å². The monoisotopic (exact) mass is 368 g/mol. The average molecular weight is 369 g/mol. The fraction of sp³-hybridized carbons (Fsp3) is 0.308. The molecule has 0 bridgehead atoms. The van der Waals surface area contributed by atoms with Crippen molar-refractivity contribution in [3.8, 4) is 11.3 Å². The fourth-order valence-electron chi connectivity index (χ4n) is 4.49. The second kappa shape index (κ2) is 5.64. The summed E-state index contributed by atoms with van der Waals surface area (Å²) in [5.74, 6) is 0. The van der Waals surface area contributed by atoms with Gasteiger partial charge in [-0.3, -0.25) is 0 Å². The zero-order chi connectivity index (χ0) is 21.5. The molecule has 0 fully saturated rings. The van der Waals surface area contributed by atoms with E-state index in [1.807, 2.05) is 26.8 Å². The molecule has 2 heteroatoms. The third kappa shape index (κ3) is 2.55. The Labute approximate surface area is 169 Å². The molecule has 0 atom stereocenters. The molecule has 2 nitrogen and oxygen atoms in total. The van der Waals surface area contributed by atoms with Gasteiger partial charge in [-0.05, 0) is 57.4 Å². The van der Waals surface area contributed by atoms with Gasteiger partial charge >= 0.3 is 0 Å². The zero-order valence-corrected chi connectivity index (χ0v) is 17.1. The second-order valence-electron chi connectivity index (χ2n) is 9.39. The van der Waals surface area contributed by atoms with Crippen LogP contribution in [0.4, 0.5) is 0 Å². The Morgan fingerprint density at radius 3 is 2.36 bits per heavy atom. The number of benzene rings is 3. The molecule has 0 radical (unpaired) electrons. The van der Waals surface area contributed by atoms with Crippen molar-refractivity contribution in [1.82, 2.24) is 9.97 Å². The van der Waals surface area contributed by atoms with Gasteiger partial charge in [0, 0.05) is 19.1 Å². The summed E-state index contributed by atoms with van der Waals surface area (Å²) in [7, 11) is 0. The maximum Gasteiger partial charge on any atom is 0.116 e. The van der Waals surface area contributed by atoms with Crippen LogP contribution in [0.1, 0.15) is 54.1 Å². The molecule has 0 amide bonds. The van der Waals surface area contributed by atoms with Crippen LogP contribution in [0.5, 0.6) is 0 Å². The Morgan fingerprint density at radius 2 is 1.64 bits per heavy atom. The van der Waals surface area contributed by atoms with Crippen LogP contribution < -0.4 is 0 Å². The van der Waals surface area contributed by atoms with E-state index in [1.54, 1.807) is 6.33 Å². The van der Waals surface area contributed by atoms with E-state index in [9.17, 15) is 0 Å². The zero-order valence-electron chi connectivity index (χ0n) is 19.1. The van der Waals surface area contributed by atoms with Crippen LogP contribution in [0.25, 0.3) is 32.9 Å². The minimum absolute atomic E-state index is 0.292. The lowest BCUT2D eigenvalue weighted by molar-refractivity contribution is 0.411. The third-order valence-corrected chi connectivity index (χ3v) is 5.75. The van der Waals surface area contributed by atoms with Crippen molar-refractivity contribution in [3.63, 3.8) is 0 Å². The lowest BCUT2D eigenvalue weighted by Gasteiger charge is -2.35. The van der Waals surface area contributed by atoms with Gasteiger partial charge < -0.3 is 0 Å². The molecule has 1 aliphatic rings. The lowest BCUT2D eigenvalue weighted by Crippen LogP contribution is -2.25. The van der Waals surface area contributed by atoms with Gasteiger partial charge in [0.25, 0.3) is 0 Å². The predicted molar refractivity (Wildman–Crippen MR) is 118 cm³/mol. The van der Waals surface area contributed by atoms with Crippen LogP contribution >= 0.6 is 0 Å². The SMILES string of the molecule is [2H]C([2H])(c1cc2c3c(ncnc3c1)-c1cc3ccccc3cc1C2(C)C)C(C)(C)C. The van der Waals surface area contributed by atoms with Crippen LogP contribution in [0.3, 0.4) is 0 Å². The van der Waals surface area contributed by atoms with Crippen molar-refractivity contribution >= 4 is 21.7 Å². The maximum absolute atomic E-state index is 8.84. The number of nitrogens with zero attached hydrogens (tertiary/aromatic N) is 2. The fourth-order valence-corrected chi connectivity index (χ4v) is 4.49. The Morgan fingerprint density at radius 1 is 0.929 bits per heavy atom. The Bertz CT molecular complexity index is 1330. The molecule has 140 valence electrons. The van der Waals surface area contributed by atoms with Crippen molar-refractivity contribution in [3.05, 3.63) is 71.5 Å². The predicted octanol–water partition coefficient (Wildman–Crippen LogP) is 6.68. The van der Waals surface area contributed by atoms with Gasteiger partial charge in [-0.25, -0.2) is 9.97 Å². The average Bonchev–Trinajstić information content (AvgIpc) is 2.69. The van der Waals surface area contributed by atoms with Crippen molar-refractivity contribution < 1.29 is 2.74 Å². The lowest BCUT2D eigenvalue weighted by atomic mass is 9.69. The summed E-state index contributed by atoms with van der Waals surface area (Å²) in [4.78, 5) is 9.25. The first-order valence-electron chi connectivity index (χ1n) is 10.9. The molecule has 0 unspecified atom stereocenters. The van der Waals surface area contributed by atoms with Crippen LogP contribution in [-0.4, -0.2) is 9.97 Å². The van der Waals surface area contributed by atoms with Crippen LogP contribution in [0.15, 0.2) is 54.9 Å². The van der Waals surface area contributed by atoms with Gasteiger partial charge in [-0.2, -0.15) is 0 Å². The van der Waals surface area contributed by atoms with Crippen LogP contribution in [-0.2, 0) is 11.8 Å². The molecule has 0 spiro atoms. The smallest absolute Gasteiger partial charge is 0.116 e. The number of fused-ring (bicyclic) bond motifs is 3. The summed E-state index contributed by atoms with van der Waals surface area (Å²) in [5.41, 5.74) is 5.08. The highest BCUT2D eigenvalue weighted by atomic mass is 14.8. The van der Waals surface area contributed by atoms with Crippen LogP contribution in [0, 0.1) is 5.41 Å². The molecule has 1 heterocycles. The molecule has 0 N–H and O–H groups in total. The summed E-state index contributed by atoms with van der Waals surface area (Å²) >= 11 is 0. The van der Waals surface area contributed by atoms with Gasteiger partial charge in [0.05, 0.1) is 11.2 Å². The molecular weight excluding hydrogens is 340 g/mol. The summed E-state index contributed by atoms with van der Waals surface area (Å²) in [5, 5.41) is 3.45. The minimum Gasteiger partial charge on any atom is -0.236 e. The first-order chi connectivity index (χ1) is 14.0. The van der Waals surface area contributed by atoms with Gasteiger partial charge in [-0.15, -0.1) is 0 Å². The number of hydrogen-bond donors (Lipinski definition) is 0. The van der Waals surface area contributed by atoms with E-state index in [2.05, 4.69) is 66.3 Å². The van der Waals surface area contributed by atoms with Crippen LogP contribution in [0.2, 0.25) is 0 Å². The summed E-state index contributed by atoms with van der Waals surface area (Å²) < 4.78 is 17.7. The second-order valence-corrected chi connectivity index (χ2v) is 9.39. The largest absolute Gasteiger partial charge is 0.236 e. The first kappa shape index (κ1) is 15.2. The standard InChI is InChI=1S/C26H26N2/c1-25(2,3)14-16-10-21-23-22(11-16)27-15-28-24(23)19-12-17-8-6-7-9-18(17)13-20(19)26(21,4)5/h6-13,15H,14H2,1-5H3/i14D2. The van der Waals surface area contributed by atoms with Crippen molar-refractivity contribution in [2.24, 2.45) is 5.41 Å². The Kier molecular flexibility index (Phi) is 3.06. The van der Waals surface area contributed by atoms with Crippen molar-refractivity contribution in [1.29, 1.82) is 0 Å². The van der Waals surface area contributed by atoms with E-state index >= 15 is 0 Å². The summed E-state index contributed by atoms with van der Waals surface area (Å²) in [6.07, 6.45) is 0.123. The van der Waals surface area contributed by atoms with E-state index in [-0.39, 0.29) is 5.41 Å². The molecule has 0 aliphatic heterocycles. The quantitative estimate of drug-likeness (QED) is 0.374. The van der Waals surface area contributed by atoms with E-state index < -0.39 is 11.8 Å².